The summed E-state index contributed by atoms with van der Waals surface area (Å²) in [4.78, 5) is 0. The molecule has 5 nitrogen and oxygen atoms in total. The Morgan fingerprint density at radius 3 is 2.73 bits per heavy atom. The van der Waals surface area contributed by atoms with Crippen LogP contribution < -0.4 is 0 Å². The van der Waals surface area contributed by atoms with Gasteiger partial charge >= 0.3 is 0 Å². The maximum Gasteiger partial charge on any atom is 0.214 e. The van der Waals surface area contributed by atoms with Crippen LogP contribution in [0.4, 0.5) is 0 Å². The number of rotatable bonds is 4. The van der Waals surface area contributed by atoms with Gasteiger partial charge in [0.2, 0.25) is 10.0 Å². The number of ether oxygens (including phenoxy) is 1. The largest absolute Gasteiger partial charge is 0.395 e. The van der Waals surface area contributed by atoms with E-state index in [9.17, 15) is 8.42 Å². The summed E-state index contributed by atoms with van der Waals surface area (Å²) in [7, 11) is -3.25. The Balaban J connectivity index is 2.74. The number of aliphatic hydroxyl groups excluding tert-OH is 1. The van der Waals surface area contributed by atoms with Crippen LogP contribution in [0.25, 0.3) is 0 Å². The Hall–Kier alpha value is -0.170. The zero-order valence-electron chi connectivity index (χ0n) is 9.22. The lowest BCUT2D eigenvalue weighted by atomic mass is 10.3. The average molecular weight is 237 g/mol. The SMILES string of the molecule is CC(C)CS(=O)(=O)N1CCOCC1CO. The van der Waals surface area contributed by atoms with E-state index in [1.807, 2.05) is 13.8 Å². The molecule has 0 aromatic heterocycles. The molecule has 1 rings (SSSR count). The molecule has 1 aliphatic rings. The van der Waals surface area contributed by atoms with E-state index in [0.29, 0.717) is 13.2 Å². The molecule has 1 aliphatic heterocycles. The highest BCUT2D eigenvalue weighted by atomic mass is 32.2. The lowest BCUT2D eigenvalue weighted by Gasteiger charge is -2.33. The Kier molecular flexibility index (Phi) is 4.51. The fourth-order valence-electron chi connectivity index (χ4n) is 1.67. The monoisotopic (exact) mass is 237 g/mol. The number of nitrogens with zero attached hydrogens (tertiary/aromatic N) is 1. The number of morpholine rings is 1. The van der Waals surface area contributed by atoms with Crippen molar-refractivity contribution >= 4 is 10.0 Å². The van der Waals surface area contributed by atoms with Gasteiger partial charge < -0.3 is 9.84 Å². The van der Waals surface area contributed by atoms with E-state index < -0.39 is 16.1 Å². The first kappa shape index (κ1) is 12.9. The molecule has 0 spiro atoms. The third kappa shape index (κ3) is 3.41. The molecule has 0 radical (unpaired) electrons. The van der Waals surface area contributed by atoms with Crippen LogP contribution in [0.3, 0.4) is 0 Å². The van der Waals surface area contributed by atoms with Gasteiger partial charge in [0.25, 0.3) is 0 Å². The van der Waals surface area contributed by atoms with Crippen LogP contribution in [0.15, 0.2) is 0 Å². The lowest BCUT2D eigenvalue weighted by molar-refractivity contribution is 0.0108. The molecule has 0 bridgehead atoms. The van der Waals surface area contributed by atoms with Gasteiger partial charge in [-0.1, -0.05) is 13.8 Å². The highest BCUT2D eigenvalue weighted by Gasteiger charge is 2.32. The van der Waals surface area contributed by atoms with Gasteiger partial charge in [0.05, 0.1) is 31.6 Å². The van der Waals surface area contributed by atoms with Crippen molar-refractivity contribution in [2.75, 3.05) is 32.1 Å². The molecule has 1 saturated heterocycles. The smallest absolute Gasteiger partial charge is 0.214 e. The van der Waals surface area contributed by atoms with Crippen molar-refractivity contribution in [1.29, 1.82) is 0 Å². The molecule has 0 aromatic carbocycles. The summed E-state index contributed by atoms with van der Waals surface area (Å²) in [6, 6.07) is -0.414. The Morgan fingerprint density at radius 2 is 2.20 bits per heavy atom. The molecule has 6 heteroatoms. The first-order valence-corrected chi connectivity index (χ1v) is 6.76. The minimum absolute atomic E-state index is 0.0946. The third-order valence-corrected chi connectivity index (χ3v) is 4.57. The first-order chi connectivity index (χ1) is 6.97. The van der Waals surface area contributed by atoms with E-state index >= 15 is 0 Å². The Labute approximate surface area is 91.1 Å². The predicted octanol–water partition coefficient (Wildman–Crippen LogP) is -0.335. The second-order valence-corrected chi connectivity index (χ2v) is 6.16. The van der Waals surface area contributed by atoms with E-state index in [1.54, 1.807) is 0 Å². The molecular weight excluding hydrogens is 218 g/mol. The summed E-state index contributed by atoms with van der Waals surface area (Å²) < 4.78 is 30.4. The van der Waals surface area contributed by atoms with Crippen molar-refractivity contribution in [3.63, 3.8) is 0 Å². The molecule has 0 aliphatic carbocycles. The topological polar surface area (TPSA) is 66.8 Å². The molecule has 0 aromatic rings. The minimum atomic E-state index is -3.25. The molecule has 15 heavy (non-hydrogen) atoms. The zero-order valence-corrected chi connectivity index (χ0v) is 10.0. The van der Waals surface area contributed by atoms with E-state index in [4.69, 9.17) is 9.84 Å². The van der Waals surface area contributed by atoms with Crippen molar-refractivity contribution in [1.82, 2.24) is 4.31 Å². The van der Waals surface area contributed by atoms with Crippen LogP contribution in [-0.2, 0) is 14.8 Å². The van der Waals surface area contributed by atoms with Crippen molar-refractivity contribution in [3.05, 3.63) is 0 Å². The Morgan fingerprint density at radius 1 is 1.53 bits per heavy atom. The van der Waals surface area contributed by atoms with Crippen LogP contribution in [0, 0.1) is 5.92 Å². The van der Waals surface area contributed by atoms with Crippen LogP contribution in [0.5, 0.6) is 0 Å². The zero-order chi connectivity index (χ0) is 11.5. The molecule has 1 atom stereocenters. The van der Waals surface area contributed by atoms with Crippen molar-refractivity contribution in [3.8, 4) is 0 Å². The summed E-state index contributed by atoms with van der Waals surface area (Å²) in [5.41, 5.74) is 0. The van der Waals surface area contributed by atoms with Gasteiger partial charge in [-0.2, -0.15) is 4.31 Å². The predicted molar refractivity (Wildman–Crippen MR) is 57.0 cm³/mol. The number of sulfonamides is 1. The van der Waals surface area contributed by atoms with Gasteiger partial charge in [-0.25, -0.2) is 8.42 Å². The van der Waals surface area contributed by atoms with Gasteiger partial charge in [0.1, 0.15) is 0 Å². The minimum Gasteiger partial charge on any atom is -0.395 e. The quantitative estimate of drug-likeness (QED) is 0.727. The van der Waals surface area contributed by atoms with Gasteiger partial charge in [-0.3, -0.25) is 0 Å². The third-order valence-electron chi connectivity index (χ3n) is 2.29. The van der Waals surface area contributed by atoms with Crippen LogP contribution in [0.1, 0.15) is 13.8 Å². The molecule has 0 amide bonds. The number of hydrogen-bond donors (Lipinski definition) is 1. The van der Waals surface area contributed by atoms with Gasteiger partial charge in [-0.15, -0.1) is 0 Å². The van der Waals surface area contributed by atoms with E-state index in [2.05, 4.69) is 0 Å². The fraction of sp³-hybridized carbons (Fsp3) is 1.00. The van der Waals surface area contributed by atoms with Crippen LogP contribution in [0.2, 0.25) is 0 Å². The van der Waals surface area contributed by atoms with Gasteiger partial charge in [0.15, 0.2) is 0 Å². The van der Waals surface area contributed by atoms with E-state index in [1.165, 1.54) is 4.31 Å². The molecule has 90 valence electrons. The average Bonchev–Trinajstić information content (AvgIpc) is 2.16. The van der Waals surface area contributed by atoms with Crippen molar-refractivity contribution < 1.29 is 18.3 Å². The van der Waals surface area contributed by atoms with Gasteiger partial charge in [0, 0.05) is 6.54 Å². The van der Waals surface area contributed by atoms with Crippen LogP contribution in [-0.4, -0.2) is 56.0 Å². The summed E-state index contributed by atoms with van der Waals surface area (Å²) in [5.74, 6) is 0.223. The highest BCUT2D eigenvalue weighted by molar-refractivity contribution is 7.89. The maximum atomic E-state index is 11.9. The second-order valence-electron chi connectivity index (χ2n) is 4.19. The number of hydrogen-bond acceptors (Lipinski definition) is 4. The standard InChI is InChI=1S/C9H19NO4S/c1-8(2)7-15(12,13)10-3-4-14-6-9(10)5-11/h8-9,11H,3-7H2,1-2H3. The number of aliphatic hydroxyl groups is 1. The van der Waals surface area contributed by atoms with Crippen molar-refractivity contribution in [2.24, 2.45) is 5.92 Å². The highest BCUT2D eigenvalue weighted by Crippen LogP contribution is 2.14. The fourth-order valence-corrected chi connectivity index (χ4v) is 3.63. The molecule has 0 saturated carbocycles. The molecular formula is C9H19NO4S. The normalized spacial score (nSPS) is 24.7. The molecule has 1 heterocycles. The molecule has 1 fully saturated rings. The summed E-state index contributed by atoms with van der Waals surface area (Å²) in [5, 5.41) is 9.07. The van der Waals surface area contributed by atoms with Crippen molar-refractivity contribution in [2.45, 2.75) is 19.9 Å². The molecule has 1 unspecified atom stereocenters. The second kappa shape index (κ2) is 5.25. The lowest BCUT2D eigenvalue weighted by Crippen LogP contribution is -2.51. The summed E-state index contributed by atoms with van der Waals surface area (Å²) in [6.45, 7) is 4.59. The van der Waals surface area contributed by atoms with Crippen LogP contribution >= 0.6 is 0 Å². The Bertz CT molecular complexity index is 288. The van der Waals surface area contributed by atoms with E-state index in [0.717, 1.165) is 0 Å². The maximum absolute atomic E-state index is 11.9. The summed E-state index contributed by atoms with van der Waals surface area (Å²) >= 11 is 0. The van der Waals surface area contributed by atoms with E-state index in [-0.39, 0.29) is 24.9 Å². The molecule has 1 N–H and O–H groups in total. The first-order valence-electron chi connectivity index (χ1n) is 5.15. The van der Waals surface area contributed by atoms with Gasteiger partial charge in [-0.05, 0) is 5.92 Å². The summed E-state index contributed by atoms with van der Waals surface area (Å²) in [6.07, 6.45) is 0.